The Labute approximate surface area is 539 Å². The van der Waals surface area contributed by atoms with Crippen molar-refractivity contribution in [3.8, 4) is 0 Å². The second-order valence-electron chi connectivity index (χ2n) is 10.4. The molecular weight excluding hydrogens is 1620 g/mol. The Balaban J connectivity index is -0.00000000466. The molecule has 0 fully saturated rings. The van der Waals surface area contributed by atoms with Gasteiger partial charge in [-0.15, -0.1) is 0 Å². The summed E-state index contributed by atoms with van der Waals surface area (Å²) in [7, 11) is 0. The molecule has 0 atom stereocenters. The molecule has 0 heterocycles. The molecule has 0 spiro atoms. The minimum atomic E-state index is 0. The average molecular weight is 1700 g/mol. The van der Waals surface area contributed by atoms with Crippen molar-refractivity contribution < 1.29 is 329 Å². The molecule has 0 saturated heterocycles. The van der Waals surface area contributed by atoms with Gasteiger partial charge >= 0.3 is 0 Å². The first-order chi connectivity index (χ1) is 17.0. The molecule has 0 rings (SSSR count). The fraction of sp³-hybridized carbons (Fsp3) is 1.00. The average Bonchev–Trinajstić information content (AvgIpc) is 2.96. The van der Waals surface area contributed by atoms with Crippen molar-refractivity contribution >= 4 is 0 Å². The van der Waals surface area contributed by atoms with Crippen molar-refractivity contribution in [2.75, 3.05) is 105 Å². The number of rotatable bonds is 16. The zero-order valence-electron chi connectivity index (χ0n) is 43.0. The Kier molecular flexibility index (Phi) is 845. The minimum Gasteiger partial charge on any atom is -2.00 e. The van der Waals surface area contributed by atoms with Gasteiger partial charge in [-0.05, 0) is 111 Å². The Morgan fingerprint density at radius 2 is 0.143 bits per heavy atom. The predicted octanol–water partition coefficient (Wildman–Crippen LogP) is 4.42. The van der Waals surface area contributed by atoms with Crippen LogP contribution in [0, 0.1) is 0 Å². The Morgan fingerprint density at radius 3 is 0.143 bits per heavy atom. The van der Waals surface area contributed by atoms with Crippen molar-refractivity contribution in [1.29, 1.82) is 0 Å². The van der Waals surface area contributed by atoms with Gasteiger partial charge < -0.3 is 160 Å². The molecule has 0 aromatic rings. The van der Waals surface area contributed by atoms with Crippen LogP contribution in [0.3, 0.4) is 0 Å². The molecule has 0 aromatic carbocycles. The van der Waals surface area contributed by atoms with Crippen LogP contribution in [0.25, 0.3) is 0 Å². The van der Waals surface area contributed by atoms with Gasteiger partial charge in [0, 0.05) is 169 Å². The van der Waals surface area contributed by atoms with Crippen LogP contribution in [-0.2, 0) is 311 Å². The SMILES string of the molecule is CC[N+](CC)(CC)CC.CC[N+](CC)(CC)CC.CC[N+](CC)(CC)CC.CC[N+](CC)(CC)CC.[Mo].[Mo].[Mo].[Mo].[Mo].[Mo].[Mo].[Mo].[O-2].[O-2].[O-2].[O-2].[O-2].[O-2].[O-2].[O-2].[O-2].[O-2].[O-2].[O-2].[O-2].[O-2].[O-2].[O-2].[O-2].[O-2].[O-2].[O-2].[O-2].[O-2].[O-2].[O-2].[O-2].[O-2]. The summed E-state index contributed by atoms with van der Waals surface area (Å²) in [5.41, 5.74) is 0. The van der Waals surface area contributed by atoms with E-state index in [-0.39, 0.29) is 311 Å². The van der Waals surface area contributed by atoms with Gasteiger partial charge in [-0.3, -0.25) is 0 Å². The second-order valence-corrected chi connectivity index (χ2v) is 10.4. The summed E-state index contributed by atoms with van der Waals surface area (Å²) < 4.78 is 5.11. The van der Waals surface area contributed by atoms with Gasteiger partial charge in [-0.2, -0.15) is 0 Å². The maximum Gasteiger partial charge on any atom is 0.0757 e. The van der Waals surface area contributed by atoms with Crippen LogP contribution >= 0.6 is 0 Å². The van der Waals surface area contributed by atoms with Crippen molar-refractivity contribution in [1.82, 2.24) is 0 Å². The summed E-state index contributed by atoms with van der Waals surface area (Å²) in [5, 5.41) is 0. The molecule has 0 aromatic heterocycles. The molecule has 38 heteroatoms. The monoisotopic (exact) mass is 1720 g/mol. The van der Waals surface area contributed by atoms with Crippen LogP contribution in [0.5, 0.6) is 0 Å². The molecule has 0 bridgehead atoms. The quantitative estimate of drug-likeness (QED) is 0.153. The molecule has 0 saturated carbocycles. The van der Waals surface area contributed by atoms with Gasteiger partial charge in [-0.1, -0.05) is 0 Å². The number of quaternary nitrogens is 4. The minimum absolute atomic E-state index is 0. The molecule has 0 N–H and O–H groups in total. The second kappa shape index (κ2) is 195. The Morgan fingerprint density at radius 1 is 0.114 bits per heavy atom. The van der Waals surface area contributed by atoms with E-state index < -0.39 is 0 Å². The summed E-state index contributed by atoms with van der Waals surface area (Å²) in [5.74, 6) is 0. The van der Waals surface area contributed by atoms with Crippen LogP contribution < -0.4 is 0 Å². The summed E-state index contributed by atoms with van der Waals surface area (Å²) in [6, 6.07) is 0. The first kappa shape index (κ1) is 303. The molecule has 70 heavy (non-hydrogen) atoms. The van der Waals surface area contributed by atoms with E-state index >= 15 is 0 Å². The van der Waals surface area contributed by atoms with Crippen molar-refractivity contribution in [3.63, 3.8) is 0 Å². The van der Waals surface area contributed by atoms with E-state index in [1.54, 1.807) is 0 Å². The molecule has 0 unspecified atom stereocenters. The fourth-order valence-corrected chi connectivity index (χ4v) is 5.37. The molecule has 30 nitrogen and oxygen atoms in total. The number of hydrogen-bond donors (Lipinski definition) is 0. The van der Waals surface area contributed by atoms with E-state index in [2.05, 4.69) is 111 Å². The zero-order chi connectivity index (χ0) is 29.3. The van der Waals surface area contributed by atoms with Crippen molar-refractivity contribution in [2.45, 2.75) is 111 Å². The molecule has 480 valence electrons. The third kappa shape index (κ3) is 134. The van der Waals surface area contributed by atoms with E-state index in [0.29, 0.717) is 0 Å². The molecule has 0 aliphatic rings. The normalized spacial score (nSPS) is 6.17. The summed E-state index contributed by atoms with van der Waals surface area (Å²) in [6.07, 6.45) is 0. The number of hydrogen-bond acceptors (Lipinski definition) is 0. The van der Waals surface area contributed by atoms with E-state index in [0.717, 1.165) is 0 Å². The van der Waals surface area contributed by atoms with Crippen LogP contribution in [0.2, 0.25) is 0 Å². The number of nitrogens with zero attached hydrogens (tertiary/aromatic N) is 4. The van der Waals surface area contributed by atoms with Gasteiger partial charge in [0.2, 0.25) is 0 Å². The fourth-order valence-electron chi connectivity index (χ4n) is 5.37. The van der Waals surface area contributed by atoms with Crippen molar-refractivity contribution in [2.24, 2.45) is 0 Å². The van der Waals surface area contributed by atoms with Gasteiger partial charge in [0.05, 0.1) is 105 Å². The first-order valence-electron chi connectivity index (χ1n) is 16.4. The van der Waals surface area contributed by atoms with Gasteiger partial charge in [0.1, 0.15) is 0 Å². The molecular formula is C32H80Mo8N4O26-48. The maximum absolute atomic E-state index is 2.27. The maximum atomic E-state index is 2.27. The predicted molar refractivity (Wildman–Crippen MR) is 188 cm³/mol. The van der Waals surface area contributed by atoms with E-state index in [1.165, 1.54) is 123 Å². The van der Waals surface area contributed by atoms with E-state index in [1.807, 2.05) is 0 Å². The van der Waals surface area contributed by atoms with Crippen LogP contribution in [0.4, 0.5) is 0 Å². The first-order valence-corrected chi connectivity index (χ1v) is 16.4. The van der Waals surface area contributed by atoms with Crippen molar-refractivity contribution in [3.05, 3.63) is 0 Å². The van der Waals surface area contributed by atoms with Gasteiger partial charge in [-0.25, -0.2) is 0 Å². The van der Waals surface area contributed by atoms with Crippen LogP contribution in [0.1, 0.15) is 111 Å². The molecule has 0 amide bonds. The molecule has 0 aliphatic carbocycles. The summed E-state index contributed by atoms with van der Waals surface area (Å²) in [6.45, 7) is 56.9. The van der Waals surface area contributed by atoms with E-state index in [4.69, 9.17) is 0 Å². The van der Waals surface area contributed by atoms with Crippen LogP contribution in [-0.4, -0.2) is 123 Å². The topological polar surface area (TPSA) is 741 Å². The third-order valence-electron chi connectivity index (χ3n) is 10.7. The Bertz CT molecular complexity index is 367. The summed E-state index contributed by atoms with van der Waals surface area (Å²) in [4.78, 5) is 0. The molecule has 0 aliphatic heterocycles. The van der Waals surface area contributed by atoms with E-state index in [9.17, 15) is 0 Å². The largest absolute Gasteiger partial charge is 2.00 e. The van der Waals surface area contributed by atoms with Crippen LogP contribution in [0.15, 0.2) is 0 Å². The standard InChI is InChI=1S/4C8H20N.8Mo.26O/c4*1-5-9(6-2,7-3)8-4;;;;;;;;;;;;;;;;;;;;;;;;;;;;;;;;;;/h4*5-8H2,1-4H3;;;;;;;;;;;;;;;;;;;;;;;;;;;;;;;;;;/q4*+1;;;;;;;;;26*-2. The summed E-state index contributed by atoms with van der Waals surface area (Å²) >= 11 is 0. The smallest absolute Gasteiger partial charge is 0.0757 e. The Hall–Kier alpha value is 4.31. The zero-order valence-corrected chi connectivity index (χ0v) is 59.0. The third-order valence-corrected chi connectivity index (χ3v) is 10.7. The molecule has 0 radical (unpaired) electrons. The van der Waals surface area contributed by atoms with Gasteiger partial charge in [0.25, 0.3) is 0 Å². The van der Waals surface area contributed by atoms with Gasteiger partial charge in [0.15, 0.2) is 0 Å².